The minimum absolute atomic E-state index is 0.0398. The third kappa shape index (κ3) is 2.36. The third-order valence-electron chi connectivity index (χ3n) is 3.44. The molecule has 2 rings (SSSR count). The van der Waals surface area contributed by atoms with E-state index in [0.717, 1.165) is 19.0 Å². The highest BCUT2D eigenvalue weighted by Crippen LogP contribution is 2.23. The monoisotopic (exact) mass is 254 g/mol. The summed E-state index contributed by atoms with van der Waals surface area (Å²) in [6.45, 7) is 4.05. The van der Waals surface area contributed by atoms with Crippen LogP contribution in [0.2, 0.25) is 0 Å². The Morgan fingerprint density at radius 3 is 2.78 bits per heavy atom. The Labute approximate surface area is 105 Å². The first-order valence-electron chi connectivity index (χ1n) is 5.99. The van der Waals surface area contributed by atoms with E-state index in [2.05, 4.69) is 10.6 Å². The SMILES string of the molecule is Cc1c(F)ccc(NC(=O)[C@H]2CCN[C@H]2C)c1F. The van der Waals surface area contributed by atoms with Gasteiger partial charge < -0.3 is 10.6 Å². The molecule has 2 atom stereocenters. The van der Waals surface area contributed by atoms with Crippen LogP contribution in [0.1, 0.15) is 18.9 Å². The highest BCUT2D eigenvalue weighted by molar-refractivity contribution is 5.93. The van der Waals surface area contributed by atoms with Gasteiger partial charge in [-0.1, -0.05) is 0 Å². The molecule has 1 aliphatic heterocycles. The van der Waals surface area contributed by atoms with Gasteiger partial charge in [-0.3, -0.25) is 4.79 Å². The zero-order chi connectivity index (χ0) is 13.3. The Morgan fingerprint density at radius 1 is 1.44 bits per heavy atom. The van der Waals surface area contributed by atoms with Gasteiger partial charge in [0, 0.05) is 11.6 Å². The number of carbonyl (C=O) groups is 1. The zero-order valence-electron chi connectivity index (χ0n) is 10.4. The van der Waals surface area contributed by atoms with Crippen LogP contribution in [0, 0.1) is 24.5 Å². The highest BCUT2D eigenvalue weighted by atomic mass is 19.1. The highest BCUT2D eigenvalue weighted by Gasteiger charge is 2.29. The molecule has 18 heavy (non-hydrogen) atoms. The van der Waals surface area contributed by atoms with E-state index in [-0.39, 0.29) is 29.1 Å². The quantitative estimate of drug-likeness (QED) is 0.849. The van der Waals surface area contributed by atoms with Gasteiger partial charge in [0.25, 0.3) is 0 Å². The zero-order valence-corrected chi connectivity index (χ0v) is 10.4. The second kappa shape index (κ2) is 5.02. The van der Waals surface area contributed by atoms with Gasteiger partial charge in [-0.05, 0) is 38.9 Å². The summed E-state index contributed by atoms with van der Waals surface area (Å²) in [5.41, 5.74) is -0.0385. The van der Waals surface area contributed by atoms with E-state index in [1.807, 2.05) is 6.92 Å². The van der Waals surface area contributed by atoms with Crippen molar-refractivity contribution in [1.29, 1.82) is 0 Å². The van der Waals surface area contributed by atoms with Gasteiger partial charge in [-0.25, -0.2) is 8.78 Å². The number of rotatable bonds is 2. The maximum atomic E-state index is 13.7. The summed E-state index contributed by atoms with van der Waals surface area (Å²) in [5.74, 6) is -1.71. The fraction of sp³-hybridized carbons (Fsp3) is 0.462. The van der Waals surface area contributed by atoms with Gasteiger partial charge in [0.2, 0.25) is 5.91 Å². The van der Waals surface area contributed by atoms with Gasteiger partial charge in [-0.15, -0.1) is 0 Å². The standard InChI is InChI=1S/C13H16F2N2O/c1-7-10(14)3-4-11(12(7)15)17-13(18)9-5-6-16-8(9)2/h3-4,8-9,16H,5-6H2,1-2H3,(H,17,18)/t8-,9-/m0/s1. The maximum Gasteiger partial charge on any atom is 0.229 e. The predicted octanol–water partition coefficient (Wildman–Crippen LogP) is 2.21. The Bertz CT molecular complexity index is 476. The summed E-state index contributed by atoms with van der Waals surface area (Å²) < 4.78 is 26.8. The van der Waals surface area contributed by atoms with Crippen LogP contribution < -0.4 is 10.6 Å². The Hall–Kier alpha value is -1.49. The molecule has 1 aromatic carbocycles. The van der Waals surface area contributed by atoms with Crippen molar-refractivity contribution in [2.45, 2.75) is 26.3 Å². The second-order valence-corrected chi connectivity index (χ2v) is 4.66. The predicted molar refractivity (Wildman–Crippen MR) is 65.3 cm³/mol. The lowest BCUT2D eigenvalue weighted by atomic mass is 10.0. The molecule has 5 heteroatoms. The lowest BCUT2D eigenvalue weighted by Crippen LogP contribution is -2.32. The number of halogens is 2. The summed E-state index contributed by atoms with van der Waals surface area (Å²) in [5, 5.41) is 5.69. The fourth-order valence-corrected chi connectivity index (χ4v) is 2.20. The molecule has 1 aromatic rings. The van der Waals surface area contributed by atoms with E-state index in [1.54, 1.807) is 0 Å². The number of amides is 1. The van der Waals surface area contributed by atoms with Crippen LogP contribution in [0.3, 0.4) is 0 Å². The molecule has 0 unspecified atom stereocenters. The smallest absolute Gasteiger partial charge is 0.229 e. The van der Waals surface area contributed by atoms with Gasteiger partial charge >= 0.3 is 0 Å². The van der Waals surface area contributed by atoms with Gasteiger partial charge in [-0.2, -0.15) is 0 Å². The number of carbonyl (C=O) groups excluding carboxylic acids is 1. The number of benzene rings is 1. The molecule has 1 heterocycles. The third-order valence-corrected chi connectivity index (χ3v) is 3.44. The minimum Gasteiger partial charge on any atom is -0.323 e. The Morgan fingerprint density at radius 2 is 2.17 bits per heavy atom. The second-order valence-electron chi connectivity index (χ2n) is 4.66. The molecule has 1 aliphatic rings. The number of anilines is 1. The first-order valence-corrected chi connectivity index (χ1v) is 5.99. The van der Waals surface area contributed by atoms with Crippen LogP contribution in [-0.4, -0.2) is 18.5 Å². The van der Waals surface area contributed by atoms with Crippen molar-refractivity contribution in [3.05, 3.63) is 29.3 Å². The number of hydrogen-bond acceptors (Lipinski definition) is 2. The van der Waals surface area contributed by atoms with Crippen molar-refractivity contribution in [2.24, 2.45) is 5.92 Å². The average Bonchev–Trinajstić information content (AvgIpc) is 2.76. The molecule has 0 radical (unpaired) electrons. The molecular formula is C13H16F2N2O. The molecular weight excluding hydrogens is 238 g/mol. The molecule has 1 fully saturated rings. The van der Waals surface area contributed by atoms with Crippen LogP contribution in [0.5, 0.6) is 0 Å². The van der Waals surface area contributed by atoms with Crippen LogP contribution in [-0.2, 0) is 4.79 Å². The van der Waals surface area contributed by atoms with Gasteiger partial charge in [0.05, 0.1) is 11.6 Å². The van der Waals surface area contributed by atoms with Crippen molar-refractivity contribution in [1.82, 2.24) is 5.32 Å². The summed E-state index contributed by atoms with van der Waals surface area (Å²) in [7, 11) is 0. The van der Waals surface area contributed by atoms with Crippen LogP contribution >= 0.6 is 0 Å². The van der Waals surface area contributed by atoms with Crippen LogP contribution in [0.25, 0.3) is 0 Å². The average molecular weight is 254 g/mol. The minimum atomic E-state index is -0.707. The fourth-order valence-electron chi connectivity index (χ4n) is 2.20. The summed E-state index contributed by atoms with van der Waals surface area (Å²) in [6.07, 6.45) is 0.731. The van der Waals surface area contributed by atoms with E-state index >= 15 is 0 Å². The largest absolute Gasteiger partial charge is 0.323 e. The van der Waals surface area contributed by atoms with Crippen LogP contribution in [0.4, 0.5) is 14.5 Å². The van der Waals surface area contributed by atoms with Crippen LogP contribution in [0.15, 0.2) is 12.1 Å². The molecule has 0 aromatic heterocycles. The Kier molecular flexibility index (Phi) is 3.61. The summed E-state index contributed by atoms with van der Waals surface area (Å²) in [6, 6.07) is 2.49. The lowest BCUT2D eigenvalue weighted by molar-refractivity contribution is -0.120. The van der Waals surface area contributed by atoms with Crippen molar-refractivity contribution in [2.75, 3.05) is 11.9 Å². The van der Waals surface area contributed by atoms with E-state index in [4.69, 9.17) is 0 Å². The van der Waals surface area contributed by atoms with Crippen molar-refractivity contribution in [3.8, 4) is 0 Å². The molecule has 2 N–H and O–H groups in total. The molecule has 1 saturated heterocycles. The normalized spacial score (nSPS) is 23.1. The molecule has 0 saturated carbocycles. The van der Waals surface area contributed by atoms with Gasteiger partial charge in [0.15, 0.2) is 5.82 Å². The molecule has 1 amide bonds. The first kappa shape index (κ1) is 13.0. The topological polar surface area (TPSA) is 41.1 Å². The maximum absolute atomic E-state index is 13.7. The van der Waals surface area contributed by atoms with Crippen molar-refractivity contribution >= 4 is 11.6 Å². The van der Waals surface area contributed by atoms with Gasteiger partial charge in [0.1, 0.15) is 5.82 Å². The number of nitrogens with one attached hydrogen (secondary N) is 2. The summed E-state index contributed by atoms with van der Waals surface area (Å²) >= 11 is 0. The molecule has 0 aliphatic carbocycles. The Balaban J connectivity index is 2.14. The van der Waals surface area contributed by atoms with Crippen molar-refractivity contribution in [3.63, 3.8) is 0 Å². The molecule has 0 bridgehead atoms. The van der Waals surface area contributed by atoms with E-state index in [0.29, 0.717) is 0 Å². The molecule has 98 valence electrons. The summed E-state index contributed by atoms with van der Waals surface area (Å²) in [4.78, 5) is 12.0. The lowest BCUT2D eigenvalue weighted by Gasteiger charge is -2.15. The van der Waals surface area contributed by atoms with Crippen molar-refractivity contribution < 1.29 is 13.6 Å². The molecule has 0 spiro atoms. The van der Waals surface area contributed by atoms with E-state index in [9.17, 15) is 13.6 Å². The first-order chi connectivity index (χ1) is 8.50. The number of hydrogen-bond donors (Lipinski definition) is 2. The van der Waals surface area contributed by atoms with E-state index in [1.165, 1.54) is 13.0 Å². The van der Waals surface area contributed by atoms with E-state index < -0.39 is 11.6 Å². The molecule has 3 nitrogen and oxygen atoms in total.